The molecule has 10 nitrogen and oxygen atoms in total. The van der Waals surface area contributed by atoms with Crippen LogP contribution in [0.1, 0.15) is 25.0 Å². The van der Waals surface area contributed by atoms with E-state index >= 15 is 0 Å². The summed E-state index contributed by atoms with van der Waals surface area (Å²) in [6.45, 7) is 4.91. The number of aromatic nitrogens is 2. The number of likely N-dealkylation sites (N-methyl/N-ethyl adjacent to an activating group) is 1. The van der Waals surface area contributed by atoms with Gasteiger partial charge in [0, 0.05) is 26.7 Å². The Balaban J connectivity index is 2.30. The molecule has 3 N–H and O–H groups in total. The molecule has 1 amide bonds. The predicted octanol–water partition coefficient (Wildman–Crippen LogP) is 0.758. The molecule has 1 aromatic carbocycles. The van der Waals surface area contributed by atoms with Gasteiger partial charge in [-0.3, -0.25) is 24.0 Å². The molecule has 0 saturated carbocycles. The van der Waals surface area contributed by atoms with Gasteiger partial charge in [0.05, 0.1) is 24.8 Å². The molecule has 2 aromatic rings. The molecule has 0 saturated heterocycles. The van der Waals surface area contributed by atoms with Gasteiger partial charge in [-0.15, -0.1) is 0 Å². The van der Waals surface area contributed by atoms with Crippen LogP contribution in [-0.2, 0) is 22.6 Å². The number of rotatable bonds is 10. The second-order valence-corrected chi connectivity index (χ2v) is 8.02. The number of nitrogens with two attached hydrogens (primary N) is 1. The predicted molar refractivity (Wildman–Crippen MR) is 122 cm³/mol. The molecule has 0 unspecified atom stereocenters. The first-order valence-corrected chi connectivity index (χ1v) is 10.3. The third kappa shape index (κ3) is 6.29. The molecule has 2 rings (SSSR count). The van der Waals surface area contributed by atoms with E-state index in [-0.39, 0.29) is 43.0 Å². The zero-order chi connectivity index (χ0) is 23.8. The van der Waals surface area contributed by atoms with Crippen LogP contribution in [0.2, 0.25) is 0 Å². The van der Waals surface area contributed by atoms with E-state index in [4.69, 9.17) is 15.7 Å². The molecule has 10 heteroatoms. The Morgan fingerprint density at radius 3 is 2.50 bits per heavy atom. The van der Waals surface area contributed by atoms with Crippen molar-refractivity contribution in [2.75, 3.05) is 44.5 Å². The fourth-order valence-corrected chi connectivity index (χ4v) is 3.30. The molecule has 0 radical (unpaired) electrons. The Hall–Kier alpha value is -3.42. The van der Waals surface area contributed by atoms with Crippen LogP contribution >= 0.6 is 0 Å². The largest absolute Gasteiger partial charge is 0.383 e. The Morgan fingerprint density at radius 2 is 1.94 bits per heavy atom. The highest BCUT2D eigenvalue weighted by Crippen LogP contribution is 2.18. The molecule has 0 aliphatic carbocycles. The SMILES string of the molecule is COCCN(C(=O)CN(C)Cc1ccc(C#N)cc1)c1c(N)n(CC(C)C)c(=O)[nH]c1=O. The van der Waals surface area contributed by atoms with Gasteiger partial charge < -0.3 is 15.4 Å². The molecule has 0 atom stereocenters. The molecule has 0 aliphatic heterocycles. The molecular weight excluding hydrogens is 412 g/mol. The first kappa shape index (κ1) is 24.8. The standard InChI is InChI=1S/C22H30N6O4/c1-15(2)12-28-20(24)19(21(30)25-22(28)31)27(9-10-32-4)18(29)14-26(3)13-17-7-5-16(11-23)6-8-17/h5-8,15H,9-10,12-14,24H2,1-4H3,(H,25,30,31). The third-order valence-electron chi connectivity index (χ3n) is 4.79. The number of nitrogens with zero attached hydrogens (tertiary/aromatic N) is 4. The van der Waals surface area contributed by atoms with Crippen LogP contribution in [0, 0.1) is 17.2 Å². The minimum Gasteiger partial charge on any atom is -0.383 e. The highest BCUT2D eigenvalue weighted by Gasteiger charge is 2.25. The van der Waals surface area contributed by atoms with E-state index < -0.39 is 11.2 Å². The maximum absolute atomic E-state index is 13.2. The molecule has 0 bridgehead atoms. The first-order valence-electron chi connectivity index (χ1n) is 10.3. The van der Waals surface area contributed by atoms with Crippen LogP contribution in [-0.4, -0.2) is 54.2 Å². The Kier molecular flexibility index (Phi) is 8.75. The number of nitrogens with one attached hydrogen (secondary N) is 1. The zero-order valence-electron chi connectivity index (χ0n) is 18.9. The number of methoxy groups -OCH3 is 1. The highest BCUT2D eigenvalue weighted by molar-refractivity contribution is 5.96. The zero-order valence-corrected chi connectivity index (χ0v) is 18.9. The number of benzene rings is 1. The summed E-state index contributed by atoms with van der Waals surface area (Å²) in [5.41, 5.74) is 6.31. The van der Waals surface area contributed by atoms with Crippen molar-refractivity contribution >= 4 is 17.4 Å². The lowest BCUT2D eigenvalue weighted by Crippen LogP contribution is -2.46. The molecule has 0 fully saturated rings. The van der Waals surface area contributed by atoms with Crippen LogP contribution in [0.4, 0.5) is 11.5 Å². The second-order valence-electron chi connectivity index (χ2n) is 8.02. The average Bonchev–Trinajstić information content (AvgIpc) is 2.73. The molecule has 32 heavy (non-hydrogen) atoms. The molecular formula is C22H30N6O4. The number of carbonyl (C=O) groups is 1. The summed E-state index contributed by atoms with van der Waals surface area (Å²) < 4.78 is 6.38. The van der Waals surface area contributed by atoms with Gasteiger partial charge in [0.25, 0.3) is 5.56 Å². The Bertz CT molecular complexity index is 1080. The fraction of sp³-hybridized carbons (Fsp3) is 0.455. The van der Waals surface area contributed by atoms with Gasteiger partial charge in [0.15, 0.2) is 5.69 Å². The average molecular weight is 443 g/mol. The summed E-state index contributed by atoms with van der Waals surface area (Å²) in [4.78, 5) is 43.4. The number of anilines is 2. The lowest BCUT2D eigenvalue weighted by atomic mass is 10.1. The number of aromatic amines is 1. The summed E-state index contributed by atoms with van der Waals surface area (Å²) in [5, 5.41) is 8.92. The number of nitrogen functional groups attached to an aromatic ring is 1. The summed E-state index contributed by atoms with van der Waals surface area (Å²) in [5.74, 6) is -0.299. The van der Waals surface area contributed by atoms with E-state index in [0.29, 0.717) is 18.7 Å². The Labute approximate surface area is 186 Å². The lowest BCUT2D eigenvalue weighted by Gasteiger charge is -2.27. The minimum atomic E-state index is -0.716. The van der Waals surface area contributed by atoms with Crippen LogP contribution in [0.5, 0.6) is 0 Å². The van der Waals surface area contributed by atoms with E-state index in [9.17, 15) is 14.4 Å². The van der Waals surface area contributed by atoms with Gasteiger partial charge in [-0.1, -0.05) is 26.0 Å². The minimum absolute atomic E-state index is 0.00586. The van der Waals surface area contributed by atoms with E-state index in [1.54, 1.807) is 24.1 Å². The summed E-state index contributed by atoms with van der Waals surface area (Å²) in [7, 11) is 3.27. The third-order valence-corrected chi connectivity index (χ3v) is 4.79. The van der Waals surface area contributed by atoms with E-state index in [1.807, 2.05) is 26.0 Å². The van der Waals surface area contributed by atoms with E-state index in [2.05, 4.69) is 11.1 Å². The van der Waals surface area contributed by atoms with E-state index in [0.717, 1.165) is 5.56 Å². The number of carbonyl (C=O) groups excluding carboxylic acids is 1. The maximum Gasteiger partial charge on any atom is 0.330 e. The van der Waals surface area contributed by atoms with Crippen molar-refractivity contribution in [3.63, 3.8) is 0 Å². The van der Waals surface area contributed by atoms with Crippen molar-refractivity contribution in [1.29, 1.82) is 5.26 Å². The number of hydrogen-bond donors (Lipinski definition) is 2. The Morgan fingerprint density at radius 1 is 1.28 bits per heavy atom. The molecule has 0 aliphatic rings. The van der Waals surface area contributed by atoms with Crippen LogP contribution < -0.4 is 21.9 Å². The van der Waals surface area contributed by atoms with Crippen molar-refractivity contribution < 1.29 is 9.53 Å². The highest BCUT2D eigenvalue weighted by atomic mass is 16.5. The van der Waals surface area contributed by atoms with Crippen molar-refractivity contribution in [2.45, 2.75) is 26.9 Å². The topological polar surface area (TPSA) is 137 Å². The number of H-pyrrole nitrogens is 1. The number of nitriles is 1. The number of amides is 1. The van der Waals surface area contributed by atoms with Gasteiger partial charge in [0.1, 0.15) is 5.82 Å². The van der Waals surface area contributed by atoms with Crippen molar-refractivity contribution in [3.05, 3.63) is 56.2 Å². The van der Waals surface area contributed by atoms with Crippen LogP contribution in [0.15, 0.2) is 33.9 Å². The van der Waals surface area contributed by atoms with Gasteiger partial charge in [-0.2, -0.15) is 5.26 Å². The van der Waals surface area contributed by atoms with Gasteiger partial charge in [-0.05, 0) is 30.7 Å². The smallest absolute Gasteiger partial charge is 0.330 e. The summed E-state index contributed by atoms with van der Waals surface area (Å²) in [6.07, 6.45) is 0. The molecule has 0 spiro atoms. The van der Waals surface area contributed by atoms with Gasteiger partial charge in [-0.25, -0.2) is 4.79 Å². The lowest BCUT2D eigenvalue weighted by molar-refractivity contribution is -0.119. The fourth-order valence-electron chi connectivity index (χ4n) is 3.30. The maximum atomic E-state index is 13.2. The monoisotopic (exact) mass is 442 g/mol. The summed E-state index contributed by atoms with van der Waals surface area (Å²) >= 11 is 0. The van der Waals surface area contributed by atoms with Crippen molar-refractivity contribution in [2.24, 2.45) is 5.92 Å². The van der Waals surface area contributed by atoms with Crippen molar-refractivity contribution in [1.82, 2.24) is 14.5 Å². The summed E-state index contributed by atoms with van der Waals surface area (Å²) in [6, 6.07) is 9.15. The van der Waals surface area contributed by atoms with Crippen LogP contribution in [0.3, 0.4) is 0 Å². The van der Waals surface area contributed by atoms with Crippen LogP contribution in [0.25, 0.3) is 0 Å². The van der Waals surface area contributed by atoms with Gasteiger partial charge >= 0.3 is 5.69 Å². The number of hydrogen-bond acceptors (Lipinski definition) is 7. The quantitative estimate of drug-likeness (QED) is 0.554. The van der Waals surface area contributed by atoms with E-state index in [1.165, 1.54) is 16.6 Å². The first-order chi connectivity index (χ1) is 15.2. The second kappa shape index (κ2) is 11.3. The van der Waals surface area contributed by atoms with Gasteiger partial charge in [0.2, 0.25) is 5.91 Å². The van der Waals surface area contributed by atoms with Crippen molar-refractivity contribution in [3.8, 4) is 6.07 Å². The molecule has 1 aromatic heterocycles. The number of ether oxygens (including phenoxy) is 1. The molecule has 172 valence electrons. The molecule has 1 heterocycles. The normalized spacial score (nSPS) is 11.0.